The Balaban J connectivity index is 0.00000180. The van der Waals surface area contributed by atoms with Gasteiger partial charge >= 0.3 is 0 Å². The Morgan fingerprint density at radius 2 is 2.15 bits per heavy atom. The van der Waals surface area contributed by atoms with Crippen molar-refractivity contribution in [2.24, 2.45) is 11.7 Å². The molecular weight excluding hydrogens is 323 g/mol. The zero-order valence-corrected chi connectivity index (χ0v) is 13.4. The number of hydrogen-bond donors (Lipinski definition) is 3. The highest BCUT2D eigenvalue weighted by Gasteiger charge is 2.31. The first-order valence-corrected chi connectivity index (χ1v) is 6.72. The highest BCUT2D eigenvalue weighted by atomic mass is 35.5. The van der Waals surface area contributed by atoms with Crippen LogP contribution in [0.5, 0.6) is 0 Å². The summed E-state index contributed by atoms with van der Waals surface area (Å²) in [5.41, 5.74) is 5.94. The van der Waals surface area contributed by atoms with Gasteiger partial charge in [-0.25, -0.2) is 4.98 Å². The van der Waals surface area contributed by atoms with Crippen molar-refractivity contribution < 1.29 is 9.59 Å². The molecule has 1 aliphatic rings. The van der Waals surface area contributed by atoms with E-state index in [9.17, 15) is 9.59 Å². The lowest BCUT2D eigenvalue weighted by Crippen LogP contribution is -2.41. The zero-order valence-electron chi connectivity index (χ0n) is 10.9. The second-order valence-corrected chi connectivity index (χ2v) is 5.23. The zero-order chi connectivity index (χ0) is 13.1. The normalized spacial score (nSPS) is 14.5. The van der Waals surface area contributed by atoms with Crippen molar-refractivity contribution in [2.45, 2.75) is 25.8 Å². The van der Waals surface area contributed by atoms with Crippen LogP contribution in [0.1, 0.15) is 30.3 Å². The number of nitrogens with zero attached hydrogens (tertiary/aromatic N) is 1. The fraction of sp³-hybridized carbons (Fsp3) is 0.545. The SMILES string of the molecule is CC(=O)Nc1nc(C(=O)NC(CN)C2CC2)cs1.Cl.Cl. The summed E-state index contributed by atoms with van der Waals surface area (Å²) in [7, 11) is 0. The maximum Gasteiger partial charge on any atom is 0.271 e. The van der Waals surface area contributed by atoms with Crippen LogP contribution >= 0.6 is 36.2 Å². The number of halogens is 2. The second-order valence-electron chi connectivity index (χ2n) is 4.37. The molecule has 0 radical (unpaired) electrons. The molecule has 114 valence electrons. The highest BCUT2D eigenvalue weighted by molar-refractivity contribution is 7.14. The molecule has 2 rings (SSSR count). The van der Waals surface area contributed by atoms with E-state index < -0.39 is 0 Å². The average Bonchev–Trinajstić information content (AvgIpc) is 3.05. The van der Waals surface area contributed by atoms with Crippen LogP contribution in [0.2, 0.25) is 0 Å². The van der Waals surface area contributed by atoms with Crippen molar-refractivity contribution in [1.82, 2.24) is 10.3 Å². The summed E-state index contributed by atoms with van der Waals surface area (Å²) in [6.45, 7) is 1.85. The average molecular weight is 341 g/mol. The van der Waals surface area contributed by atoms with E-state index in [-0.39, 0.29) is 42.7 Å². The van der Waals surface area contributed by atoms with E-state index in [4.69, 9.17) is 5.73 Å². The number of aromatic nitrogens is 1. The van der Waals surface area contributed by atoms with Crippen LogP contribution in [0.4, 0.5) is 5.13 Å². The second kappa shape index (κ2) is 8.41. The summed E-state index contributed by atoms with van der Waals surface area (Å²) in [5.74, 6) is 0.0757. The molecule has 1 heterocycles. The fourth-order valence-electron chi connectivity index (χ4n) is 1.70. The van der Waals surface area contributed by atoms with Gasteiger partial charge in [-0.3, -0.25) is 9.59 Å². The van der Waals surface area contributed by atoms with Crippen LogP contribution in [0.3, 0.4) is 0 Å². The predicted octanol–water partition coefficient (Wildman–Crippen LogP) is 1.41. The molecule has 20 heavy (non-hydrogen) atoms. The van der Waals surface area contributed by atoms with Gasteiger partial charge in [0, 0.05) is 24.9 Å². The van der Waals surface area contributed by atoms with Gasteiger partial charge < -0.3 is 16.4 Å². The lowest BCUT2D eigenvalue weighted by molar-refractivity contribution is -0.114. The monoisotopic (exact) mass is 340 g/mol. The summed E-state index contributed by atoms with van der Waals surface area (Å²) < 4.78 is 0. The van der Waals surface area contributed by atoms with E-state index in [0.717, 1.165) is 12.8 Å². The molecule has 0 bridgehead atoms. The number of carbonyl (C=O) groups excluding carboxylic acids is 2. The molecule has 1 fully saturated rings. The van der Waals surface area contributed by atoms with Crippen LogP contribution in [-0.2, 0) is 4.79 Å². The quantitative estimate of drug-likeness (QED) is 0.754. The van der Waals surface area contributed by atoms with Crippen molar-refractivity contribution >= 4 is 53.1 Å². The standard InChI is InChI=1S/C11H16N4O2S.2ClH/c1-6(16)13-11-15-9(5-18-11)10(17)14-8(4-12)7-2-3-7;;/h5,7-8H,2-4,12H2,1H3,(H,14,17)(H,13,15,16);2*1H. The first-order valence-electron chi connectivity index (χ1n) is 5.84. The molecule has 1 atom stereocenters. The largest absolute Gasteiger partial charge is 0.346 e. The molecule has 0 saturated heterocycles. The number of hydrogen-bond acceptors (Lipinski definition) is 5. The highest BCUT2D eigenvalue weighted by Crippen LogP contribution is 2.32. The summed E-state index contributed by atoms with van der Waals surface area (Å²) in [6.07, 6.45) is 2.24. The van der Waals surface area contributed by atoms with E-state index in [2.05, 4.69) is 15.6 Å². The maximum atomic E-state index is 11.9. The van der Waals surface area contributed by atoms with Gasteiger partial charge in [0.2, 0.25) is 5.91 Å². The molecular formula is C11H18Cl2N4O2S. The number of carbonyl (C=O) groups is 2. The number of amides is 2. The number of thiazole rings is 1. The Kier molecular flexibility index (Phi) is 8.03. The van der Waals surface area contributed by atoms with Gasteiger partial charge in [0.25, 0.3) is 5.91 Å². The van der Waals surface area contributed by atoms with E-state index in [1.807, 2.05) is 0 Å². The van der Waals surface area contributed by atoms with E-state index in [0.29, 0.717) is 23.3 Å². The molecule has 1 aromatic rings. The minimum atomic E-state index is -0.231. The molecule has 6 nitrogen and oxygen atoms in total. The van der Waals surface area contributed by atoms with Gasteiger partial charge in [-0.05, 0) is 18.8 Å². The van der Waals surface area contributed by atoms with E-state index >= 15 is 0 Å². The first-order chi connectivity index (χ1) is 8.60. The Labute approximate surface area is 133 Å². The lowest BCUT2D eigenvalue weighted by Gasteiger charge is -2.14. The van der Waals surface area contributed by atoms with E-state index in [1.54, 1.807) is 5.38 Å². The molecule has 0 aromatic carbocycles. The summed E-state index contributed by atoms with van der Waals surface area (Å²) in [6, 6.07) is 0.0309. The Hall–Kier alpha value is -0.890. The van der Waals surface area contributed by atoms with Gasteiger partial charge in [-0.2, -0.15) is 0 Å². The third-order valence-corrected chi connectivity index (χ3v) is 3.54. The molecule has 9 heteroatoms. The van der Waals surface area contributed by atoms with Crippen LogP contribution < -0.4 is 16.4 Å². The Bertz CT molecular complexity index is 465. The van der Waals surface area contributed by atoms with Crippen LogP contribution in [-0.4, -0.2) is 29.4 Å². The number of nitrogens with two attached hydrogens (primary N) is 1. The van der Waals surface area contributed by atoms with Crippen molar-refractivity contribution in [3.63, 3.8) is 0 Å². The third kappa shape index (κ3) is 5.24. The van der Waals surface area contributed by atoms with Crippen LogP contribution in [0.25, 0.3) is 0 Å². The Morgan fingerprint density at radius 1 is 1.50 bits per heavy atom. The van der Waals surface area contributed by atoms with E-state index in [1.165, 1.54) is 18.3 Å². The number of nitrogens with one attached hydrogen (secondary N) is 2. The first kappa shape index (κ1) is 19.1. The summed E-state index contributed by atoms with van der Waals surface area (Å²) in [4.78, 5) is 26.8. The predicted molar refractivity (Wildman–Crippen MR) is 83.9 cm³/mol. The molecule has 1 aromatic heterocycles. The van der Waals surface area contributed by atoms with Crippen molar-refractivity contribution in [2.75, 3.05) is 11.9 Å². The Morgan fingerprint density at radius 3 is 2.65 bits per heavy atom. The molecule has 1 saturated carbocycles. The van der Waals surface area contributed by atoms with Gasteiger partial charge in [0.05, 0.1) is 0 Å². The minimum Gasteiger partial charge on any atom is -0.346 e. The molecule has 0 aliphatic heterocycles. The van der Waals surface area contributed by atoms with Crippen LogP contribution in [0.15, 0.2) is 5.38 Å². The van der Waals surface area contributed by atoms with Gasteiger partial charge in [0.1, 0.15) is 5.69 Å². The minimum absolute atomic E-state index is 0. The topological polar surface area (TPSA) is 97.1 Å². The third-order valence-electron chi connectivity index (χ3n) is 2.78. The number of rotatable bonds is 5. The molecule has 1 aliphatic carbocycles. The smallest absolute Gasteiger partial charge is 0.271 e. The van der Waals surface area contributed by atoms with Crippen LogP contribution in [0, 0.1) is 5.92 Å². The van der Waals surface area contributed by atoms with Gasteiger partial charge in [-0.15, -0.1) is 36.2 Å². The van der Waals surface area contributed by atoms with Gasteiger partial charge in [0.15, 0.2) is 5.13 Å². The molecule has 0 spiro atoms. The lowest BCUT2D eigenvalue weighted by atomic mass is 10.2. The molecule has 4 N–H and O–H groups in total. The molecule has 1 unspecified atom stereocenters. The fourth-order valence-corrected chi connectivity index (χ4v) is 2.43. The maximum absolute atomic E-state index is 11.9. The van der Waals surface area contributed by atoms with Crippen molar-refractivity contribution in [3.8, 4) is 0 Å². The van der Waals surface area contributed by atoms with Crippen molar-refractivity contribution in [3.05, 3.63) is 11.1 Å². The number of anilines is 1. The summed E-state index contributed by atoms with van der Waals surface area (Å²) >= 11 is 1.23. The molecule has 2 amide bonds. The van der Waals surface area contributed by atoms with Crippen molar-refractivity contribution in [1.29, 1.82) is 0 Å². The summed E-state index contributed by atoms with van der Waals surface area (Å²) in [5, 5.41) is 7.49. The van der Waals surface area contributed by atoms with Gasteiger partial charge in [-0.1, -0.05) is 0 Å².